The highest BCUT2D eigenvalue weighted by molar-refractivity contribution is 5.95. The standard InChI is InChI=1S/C20H17N3O3/c24-19(18-12-15-6-1-2-8-17(15)20(25)26-18)21-13-14-5-3-7-16(11-14)23-10-4-9-22-23/h1-11,18H,12-13H2,(H,21,24)/t18-/m0/s1. The maximum absolute atomic E-state index is 12.4. The normalized spacial score (nSPS) is 15.8. The van der Waals surface area contributed by atoms with Crippen LogP contribution in [0.15, 0.2) is 67.0 Å². The molecule has 6 nitrogen and oxygen atoms in total. The summed E-state index contributed by atoms with van der Waals surface area (Å²) in [5.74, 6) is -0.745. The Morgan fingerprint density at radius 2 is 2.08 bits per heavy atom. The molecule has 0 unspecified atom stereocenters. The van der Waals surface area contributed by atoms with Crippen LogP contribution in [0.1, 0.15) is 21.5 Å². The second-order valence-corrected chi connectivity index (χ2v) is 6.09. The summed E-state index contributed by atoms with van der Waals surface area (Å²) in [7, 11) is 0. The number of hydrogen-bond acceptors (Lipinski definition) is 4. The number of carbonyl (C=O) groups is 2. The molecule has 0 radical (unpaired) electrons. The minimum absolute atomic E-state index is 0.294. The van der Waals surface area contributed by atoms with Gasteiger partial charge in [0.1, 0.15) is 0 Å². The topological polar surface area (TPSA) is 73.2 Å². The van der Waals surface area contributed by atoms with Crippen LogP contribution in [0, 0.1) is 0 Å². The Kier molecular flexibility index (Phi) is 4.23. The maximum Gasteiger partial charge on any atom is 0.339 e. The van der Waals surface area contributed by atoms with Crippen molar-refractivity contribution in [3.63, 3.8) is 0 Å². The Labute approximate surface area is 150 Å². The molecule has 0 saturated heterocycles. The van der Waals surface area contributed by atoms with Crippen LogP contribution in [0.4, 0.5) is 0 Å². The summed E-state index contributed by atoms with van der Waals surface area (Å²) in [5.41, 5.74) is 3.22. The molecule has 0 spiro atoms. The number of hydrogen-bond donors (Lipinski definition) is 1. The molecule has 1 aromatic heterocycles. The minimum Gasteiger partial charge on any atom is -0.448 e. The molecule has 1 N–H and O–H groups in total. The van der Waals surface area contributed by atoms with Crippen LogP contribution in [0.5, 0.6) is 0 Å². The van der Waals surface area contributed by atoms with Crippen molar-refractivity contribution >= 4 is 11.9 Å². The van der Waals surface area contributed by atoms with Gasteiger partial charge in [-0.1, -0.05) is 30.3 Å². The zero-order valence-corrected chi connectivity index (χ0v) is 14.0. The Morgan fingerprint density at radius 1 is 1.19 bits per heavy atom. The van der Waals surface area contributed by atoms with Gasteiger partial charge in [0.05, 0.1) is 11.3 Å². The molecule has 0 bridgehead atoms. The Bertz CT molecular complexity index is 950. The van der Waals surface area contributed by atoms with Gasteiger partial charge in [-0.25, -0.2) is 9.48 Å². The number of benzene rings is 2. The van der Waals surface area contributed by atoms with E-state index in [1.54, 1.807) is 23.0 Å². The third-order valence-electron chi connectivity index (χ3n) is 4.33. The molecule has 0 saturated carbocycles. The molecular weight excluding hydrogens is 330 g/mol. The number of carbonyl (C=O) groups excluding carboxylic acids is 2. The van der Waals surface area contributed by atoms with Gasteiger partial charge in [0.2, 0.25) is 0 Å². The lowest BCUT2D eigenvalue weighted by atomic mass is 9.98. The lowest BCUT2D eigenvalue weighted by molar-refractivity contribution is -0.130. The average molecular weight is 347 g/mol. The van der Waals surface area contributed by atoms with E-state index in [0.29, 0.717) is 18.5 Å². The third kappa shape index (κ3) is 3.21. The highest BCUT2D eigenvalue weighted by Crippen LogP contribution is 2.20. The van der Waals surface area contributed by atoms with Crippen LogP contribution in [0.3, 0.4) is 0 Å². The first-order valence-electron chi connectivity index (χ1n) is 8.36. The maximum atomic E-state index is 12.4. The number of nitrogens with zero attached hydrogens (tertiary/aromatic N) is 2. The smallest absolute Gasteiger partial charge is 0.339 e. The van der Waals surface area contributed by atoms with Crippen molar-refractivity contribution in [3.05, 3.63) is 83.7 Å². The van der Waals surface area contributed by atoms with Gasteiger partial charge < -0.3 is 10.1 Å². The van der Waals surface area contributed by atoms with E-state index in [-0.39, 0.29) is 5.91 Å². The molecule has 1 aliphatic rings. The van der Waals surface area contributed by atoms with Crippen LogP contribution in [-0.4, -0.2) is 27.8 Å². The lowest BCUT2D eigenvalue weighted by Gasteiger charge is -2.23. The van der Waals surface area contributed by atoms with E-state index in [1.165, 1.54) is 0 Å². The van der Waals surface area contributed by atoms with E-state index < -0.39 is 12.1 Å². The fourth-order valence-electron chi connectivity index (χ4n) is 3.01. The van der Waals surface area contributed by atoms with E-state index in [0.717, 1.165) is 16.8 Å². The molecule has 2 aromatic carbocycles. The molecule has 1 amide bonds. The van der Waals surface area contributed by atoms with Crippen molar-refractivity contribution in [1.82, 2.24) is 15.1 Å². The number of aromatic nitrogens is 2. The van der Waals surface area contributed by atoms with Crippen molar-refractivity contribution in [2.45, 2.75) is 19.1 Å². The van der Waals surface area contributed by atoms with E-state index >= 15 is 0 Å². The van der Waals surface area contributed by atoms with Gasteiger partial charge in [0, 0.05) is 25.4 Å². The van der Waals surface area contributed by atoms with Crippen LogP contribution in [0.2, 0.25) is 0 Å². The summed E-state index contributed by atoms with van der Waals surface area (Å²) in [4.78, 5) is 24.5. The number of amides is 1. The molecule has 130 valence electrons. The lowest BCUT2D eigenvalue weighted by Crippen LogP contribution is -2.41. The van der Waals surface area contributed by atoms with Crippen LogP contribution >= 0.6 is 0 Å². The number of rotatable bonds is 4. The van der Waals surface area contributed by atoms with Gasteiger partial charge in [-0.3, -0.25) is 4.79 Å². The first-order valence-corrected chi connectivity index (χ1v) is 8.36. The summed E-state index contributed by atoms with van der Waals surface area (Å²) in [6, 6.07) is 16.8. The Balaban J connectivity index is 1.42. The van der Waals surface area contributed by atoms with Gasteiger partial charge >= 0.3 is 5.97 Å². The predicted octanol–water partition coefficient (Wildman–Crippen LogP) is 2.27. The van der Waals surface area contributed by atoms with E-state index in [9.17, 15) is 9.59 Å². The number of fused-ring (bicyclic) bond motifs is 1. The molecule has 4 rings (SSSR count). The predicted molar refractivity (Wildman–Crippen MR) is 94.8 cm³/mol. The summed E-state index contributed by atoms with van der Waals surface area (Å²) < 4.78 is 7.04. The number of nitrogens with one attached hydrogen (secondary N) is 1. The highest BCUT2D eigenvalue weighted by atomic mass is 16.5. The average Bonchev–Trinajstić information content (AvgIpc) is 3.21. The second-order valence-electron chi connectivity index (χ2n) is 6.09. The van der Waals surface area contributed by atoms with Gasteiger partial charge in [-0.2, -0.15) is 5.10 Å². The second kappa shape index (κ2) is 6.84. The molecule has 1 atom stereocenters. The van der Waals surface area contributed by atoms with E-state index in [1.807, 2.05) is 48.7 Å². The third-order valence-corrected chi connectivity index (χ3v) is 4.33. The van der Waals surface area contributed by atoms with Crippen molar-refractivity contribution in [2.24, 2.45) is 0 Å². The van der Waals surface area contributed by atoms with Gasteiger partial charge in [0.25, 0.3) is 5.91 Å². The summed E-state index contributed by atoms with van der Waals surface area (Å²) in [6.45, 7) is 0.351. The van der Waals surface area contributed by atoms with Gasteiger partial charge in [-0.15, -0.1) is 0 Å². The van der Waals surface area contributed by atoms with E-state index in [4.69, 9.17) is 4.74 Å². The SMILES string of the molecule is O=C1O[C@H](C(=O)NCc2cccc(-n3cccn3)c2)Cc2ccccc21. The van der Waals surface area contributed by atoms with Crippen LogP contribution < -0.4 is 5.32 Å². The Hall–Kier alpha value is -3.41. The molecule has 1 aliphatic heterocycles. The summed E-state index contributed by atoms with van der Waals surface area (Å²) >= 11 is 0. The van der Waals surface area contributed by atoms with Crippen LogP contribution in [-0.2, 0) is 22.5 Å². The minimum atomic E-state index is -0.799. The van der Waals surface area contributed by atoms with Crippen LogP contribution in [0.25, 0.3) is 5.69 Å². The zero-order chi connectivity index (χ0) is 17.9. The molecule has 2 heterocycles. The monoisotopic (exact) mass is 347 g/mol. The molecule has 26 heavy (non-hydrogen) atoms. The van der Waals surface area contributed by atoms with Crippen molar-refractivity contribution in [3.8, 4) is 5.69 Å². The van der Waals surface area contributed by atoms with Crippen molar-refractivity contribution < 1.29 is 14.3 Å². The summed E-state index contributed by atoms with van der Waals surface area (Å²) in [5, 5.41) is 7.04. The first-order chi connectivity index (χ1) is 12.7. The summed E-state index contributed by atoms with van der Waals surface area (Å²) in [6.07, 6.45) is 3.16. The van der Waals surface area contributed by atoms with Crippen molar-refractivity contribution in [1.29, 1.82) is 0 Å². The number of ether oxygens (including phenoxy) is 1. The van der Waals surface area contributed by atoms with Crippen molar-refractivity contribution in [2.75, 3.05) is 0 Å². The molecule has 3 aromatic rings. The fourth-order valence-corrected chi connectivity index (χ4v) is 3.01. The first kappa shape index (κ1) is 16.1. The van der Waals surface area contributed by atoms with Gasteiger partial charge in [0.15, 0.2) is 6.10 Å². The highest BCUT2D eigenvalue weighted by Gasteiger charge is 2.30. The molecule has 0 fully saturated rings. The molecular formula is C20H17N3O3. The molecule has 6 heteroatoms. The Morgan fingerprint density at radius 3 is 2.92 bits per heavy atom. The zero-order valence-electron chi connectivity index (χ0n) is 14.0. The largest absolute Gasteiger partial charge is 0.448 e. The number of esters is 1. The number of cyclic esters (lactones) is 1. The quantitative estimate of drug-likeness (QED) is 0.735. The van der Waals surface area contributed by atoms with E-state index in [2.05, 4.69) is 10.4 Å². The fraction of sp³-hybridized carbons (Fsp3) is 0.150. The molecule has 0 aliphatic carbocycles. The van der Waals surface area contributed by atoms with Gasteiger partial charge in [-0.05, 0) is 35.4 Å².